The number of unbranched alkanes of at least 4 members (excludes halogenated alkanes) is 34. The minimum atomic E-state index is -1.99. The summed E-state index contributed by atoms with van der Waals surface area (Å²) in [6, 6.07) is -1.01. The van der Waals surface area contributed by atoms with E-state index in [1.807, 2.05) is 6.08 Å². The summed E-state index contributed by atoms with van der Waals surface area (Å²) in [5, 5.41) is 121. The molecular formula is C99H167NO18. The third-order valence-corrected chi connectivity index (χ3v) is 22.1. The Balaban J connectivity index is 1.34. The average Bonchev–Trinajstić information content (AvgIpc) is 0.777. The zero-order valence-corrected chi connectivity index (χ0v) is 73.1. The van der Waals surface area contributed by atoms with Gasteiger partial charge in [0.2, 0.25) is 5.91 Å². The second-order valence-corrected chi connectivity index (χ2v) is 32.4. The van der Waals surface area contributed by atoms with Gasteiger partial charge in [0.1, 0.15) is 73.2 Å². The van der Waals surface area contributed by atoms with Crippen molar-refractivity contribution < 1.29 is 89.4 Å². The van der Waals surface area contributed by atoms with Crippen LogP contribution in [0.2, 0.25) is 0 Å². The molecule has 676 valence electrons. The maximum absolute atomic E-state index is 13.5. The van der Waals surface area contributed by atoms with Crippen LogP contribution in [0, 0.1) is 0 Å². The first kappa shape index (κ1) is 108. The van der Waals surface area contributed by atoms with Gasteiger partial charge in [-0.1, -0.05) is 364 Å². The predicted molar refractivity (Wildman–Crippen MR) is 479 cm³/mol. The lowest BCUT2D eigenvalue weighted by molar-refractivity contribution is -0.379. The highest BCUT2D eigenvalue weighted by Crippen LogP contribution is 2.33. The highest BCUT2D eigenvalue weighted by atomic mass is 16.8. The van der Waals surface area contributed by atoms with Crippen molar-refractivity contribution in [3.63, 3.8) is 0 Å². The quantitative estimate of drug-likeness (QED) is 0.0199. The molecule has 3 rings (SSSR count). The van der Waals surface area contributed by atoms with E-state index in [0.717, 1.165) is 135 Å². The second-order valence-electron chi connectivity index (χ2n) is 32.4. The summed E-state index contributed by atoms with van der Waals surface area (Å²) in [7, 11) is 0. The predicted octanol–water partition coefficient (Wildman–Crippen LogP) is 18.7. The lowest BCUT2D eigenvalue weighted by atomic mass is 9.96. The van der Waals surface area contributed by atoms with Crippen molar-refractivity contribution in [3.05, 3.63) is 158 Å². The molecule has 0 spiro atoms. The fourth-order valence-electron chi connectivity index (χ4n) is 14.7. The maximum atomic E-state index is 13.5. The van der Waals surface area contributed by atoms with E-state index in [1.165, 1.54) is 161 Å². The van der Waals surface area contributed by atoms with Crippen molar-refractivity contribution >= 4 is 5.91 Å². The number of carbonyl (C=O) groups is 1. The zero-order valence-electron chi connectivity index (χ0n) is 73.1. The molecule has 12 N–H and O–H groups in total. The highest BCUT2D eigenvalue weighted by Gasteiger charge is 2.54. The Morgan fingerprint density at radius 2 is 0.593 bits per heavy atom. The monoisotopic (exact) mass is 1660 g/mol. The Bertz CT molecular complexity index is 2750. The third-order valence-electron chi connectivity index (χ3n) is 22.1. The van der Waals surface area contributed by atoms with Crippen LogP contribution in [0.1, 0.15) is 328 Å². The van der Waals surface area contributed by atoms with Gasteiger partial charge in [-0.25, -0.2) is 0 Å². The number of ether oxygens (including phenoxy) is 6. The normalized spacial score (nSPS) is 25.0. The van der Waals surface area contributed by atoms with Gasteiger partial charge in [-0.05, 0) is 116 Å². The molecule has 0 aromatic heterocycles. The largest absolute Gasteiger partial charge is 0.394 e. The summed E-state index contributed by atoms with van der Waals surface area (Å²) in [5.74, 6) is -0.300. The summed E-state index contributed by atoms with van der Waals surface area (Å²) in [4.78, 5) is 13.5. The number of nitrogens with one attached hydrogen (secondary N) is 1. The molecule has 0 bridgehead atoms. The fraction of sp³-hybridized carbons (Fsp3) is 0.727. The minimum Gasteiger partial charge on any atom is -0.394 e. The van der Waals surface area contributed by atoms with E-state index < -0.39 is 124 Å². The maximum Gasteiger partial charge on any atom is 0.220 e. The molecule has 3 aliphatic rings. The zero-order chi connectivity index (χ0) is 85.2. The van der Waals surface area contributed by atoms with Crippen LogP contribution in [0.15, 0.2) is 158 Å². The first-order valence-corrected chi connectivity index (χ1v) is 46.7. The second kappa shape index (κ2) is 76.1. The number of hydrogen-bond acceptors (Lipinski definition) is 18. The van der Waals surface area contributed by atoms with E-state index in [9.17, 15) is 61.0 Å². The molecule has 3 saturated heterocycles. The number of hydrogen-bond donors (Lipinski definition) is 12. The Labute approximate surface area is 714 Å². The van der Waals surface area contributed by atoms with Crippen LogP contribution in [-0.2, 0) is 33.2 Å². The summed E-state index contributed by atoms with van der Waals surface area (Å²) >= 11 is 0. The van der Waals surface area contributed by atoms with Crippen LogP contribution >= 0.6 is 0 Å². The molecule has 0 aromatic rings. The number of aliphatic hydroxyl groups excluding tert-OH is 11. The standard InChI is InChI=1S/C99H167NO18/c1-3-5-7-9-11-13-15-17-19-21-23-25-27-29-31-33-35-37-38-39-40-41-42-43-44-45-47-49-51-53-55-57-59-61-63-65-67-69-71-73-75-77-87(105)100-82(83(104)76-74-72-70-68-66-64-62-60-58-56-54-52-50-48-46-36-34-32-30-28-26-24-22-20-18-16-14-12-10-8-6-4-2)81-113-97-93(111)90(108)95(85(79-102)115-97)118-99-94(112)91(109)96(86(80-103)116-99)117-98-92(110)89(107)88(106)84(78-101)114-98/h5,7,11,13,17,19,23,25,29,31,35,37,39-40,42-43,45,47,51,53,57,59,66,68,74,76,82-86,88-99,101-104,106-112H,3-4,6,8-10,12,14-16,18,20-22,24,26-28,30,32-34,36,38,41,44,46,48-50,52,54-56,58,60-65,67,69-73,75,77-81H2,1-2H3,(H,100,105)/b7-5-,13-11-,19-17-,25-23-,31-29-,37-35-,40-39-,43-42-,47-45-,53-51-,59-57-,68-66+,76-74+. The lowest BCUT2D eigenvalue weighted by Gasteiger charge is -2.48. The van der Waals surface area contributed by atoms with Crippen LogP contribution in [0.4, 0.5) is 0 Å². The fourth-order valence-corrected chi connectivity index (χ4v) is 14.7. The van der Waals surface area contributed by atoms with E-state index >= 15 is 0 Å². The van der Waals surface area contributed by atoms with Gasteiger partial charge >= 0.3 is 0 Å². The number of carbonyl (C=O) groups excluding carboxylic acids is 1. The SMILES string of the molecule is CC/C=C\C/C=C\C/C=C\C/C=C\C/C=C\C/C=C\C/C=C\C/C=C\C/C=C\C/C=C\C/C=C\CCCCCCCCCC(=O)NC(COC1OC(CO)C(OC2OC(CO)C(OC3OC(CO)C(O)C(O)C3O)C(O)C2O)C(O)C1O)C(O)/C=C/CC/C=C/CCCCCCCCCCCCCCCCCCCCCCCCCCCC. The van der Waals surface area contributed by atoms with Gasteiger partial charge in [0.25, 0.3) is 0 Å². The number of rotatable bonds is 74. The van der Waals surface area contributed by atoms with Gasteiger partial charge in [-0.2, -0.15) is 0 Å². The molecule has 17 atom stereocenters. The summed E-state index contributed by atoms with van der Waals surface area (Å²) in [6.45, 7) is 1.62. The molecule has 118 heavy (non-hydrogen) atoms. The molecule has 19 nitrogen and oxygen atoms in total. The molecule has 0 radical (unpaired) electrons. The van der Waals surface area contributed by atoms with Gasteiger partial charge in [-0.3, -0.25) is 4.79 Å². The van der Waals surface area contributed by atoms with Crippen molar-refractivity contribution in [2.45, 2.75) is 433 Å². The smallest absolute Gasteiger partial charge is 0.220 e. The molecule has 0 aliphatic carbocycles. The Morgan fingerprint density at radius 3 is 0.949 bits per heavy atom. The van der Waals surface area contributed by atoms with E-state index in [1.54, 1.807) is 6.08 Å². The van der Waals surface area contributed by atoms with Gasteiger partial charge in [-0.15, -0.1) is 0 Å². The molecule has 19 heteroatoms. The summed E-state index contributed by atoms with van der Waals surface area (Å²) < 4.78 is 34.5. The van der Waals surface area contributed by atoms with E-state index in [2.05, 4.69) is 165 Å². The highest BCUT2D eigenvalue weighted by molar-refractivity contribution is 5.76. The van der Waals surface area contributed by atoms with Crippen LogP contribution in [0.3, 0.4) is 0 Å². The van der Waals surface area contributed by atoms with Gasteiger partial charge in [0.05, 0.1) is 38.6 Å². The van der Waals surface area contributed by atoms with Crippen molar-refractivity contribution in [1.29, 1.82) is 0 Å². The van der Waals surface area contributed by atoms with Crippen LogP contribution in [0.25, 0.3) is 0 Å². The van der Waals surface area contributed by atoms with E-state index in [4.69, 9.17) is 28.4 Å². The molecular weight excluding hydrogens is 1490 g/mol. The molecule has 0 aromatic carbocycles. The topological polar surface area (TPSA) is 307 Å². The molecule has 0 saturated carbocycles. The Morgan fingerprint density at radius 1 is 0.314 bits per heavy atom. The van der Waals surface area contributed by atoms with Crippen LogP contribution in [-0.4, -0.2) is 193 Å². The van der Waals surface area contributed by atoms with Crippen molar-refractivity contribution in [1.82, 2.24) is 5.32 Å². The minimum absolute atomic E-state index is 0.213. The van der Waals surface area contributed by atoms with Crippen molar-refractivity contribution in [2.75, 3.05) is 26.4 Å². The first-order chi connectivity index (χ1) is 57.8. The van der Waals surface area contributed by atoms with Crippen molar-refractivity contribution in [3.8, 4) is 0 Å². The van der Waals surface area contributed by atoms with Gasteiger partial charge in [0, 0.05) is 6.42 Å². The van der Waals surface area contributed by atoms with Gasteiger partial charge in [0.15, 0.2) is 18.9 Å². The molecule has 3 fully saturated rings. The molecule has 3 heterocycles. The van der Waals surface area contributed by atoms with E-state index in [-0.39, 0.29) is 18.9 Å². The van der Waals surface area contributed by atoms with E-state index in [0.29, 0.717) is 12.8 Å². The Kier molecular flexibility index (Phi) is 69.4. The Hall–Kier alpha value is -4.59. The number of aliphatic hydroxyl groups is 11. The molecule has 1 amide bonds. The molecule has 17 unspecified atom stereocenters. The first-order valence-electron chi connectivity index (χ1n) is 46.7. The number of allylic oxidation sites excluding steroid dienone is 25. The third kappa shape index (κ3) is 53.4. The number of amides is 1. The van der Waals surface area contributed by atoms with Crippen LogP contribution < -0.4 is 5.32 Å². The van der Waals surface area contributed by atoms with Crippen molar-refractivity contribution in [2.24, 2.45) is 0 Å². The lowest BCUT2D eigenvalue weighted by Crippen LogP contribution is -2.66. The van der Waals surface area contributed by atoms with Gasteiger partial charge < -0.3 is 89.9 Å². The summed E-state index contributed by atoms with van der Waals surface area (Å²) in [6.07, 6.45) is 86.8. The van der Waals surface area contributed by atoms with Crippen LogP contribution in [0.5, 0.6) is 0 Å². The summed E-state index contributed by atoms with van der Waals surface area (Å²) in [5.41, 5.74) is 0. The average molecular weight is 1660 g/mol. The molecule has 3 aliphatic heterocycles.